The van der Waals surface area contributed by atoms with E-state index in [2.05, 4.69) is 10.9 Å². The molecule has 4 nitrogen and oxygen atoms in total. The van der Waals surface area contributed by atoms with Crippen molar-refractivity contribution in [2.75, 3.05) is 19.8 Å². The van der Waals surface area contributed by atoms with Crippen molar-refractivity contribution in [3.63, 3.8) is 0 Å². The maximum atomic E-state index is 17.0. The summed E-state index contributed by atoms with van der Waals surface area (Å²) in [6.45, 7) is 20.3. The van der Waals surface area contributed by atoms with Crippen molar-refractivity contribution >= 4 is 56.5 Å². The number of thiophene rings is 4. The van der Waals surface area contributed by atoms with Crippen molar-refractivity contribution in [3.8, 4) is 58.0 Å². The molecule has 0 unspecified atom stereocenters. The van der Waals surface area contributed by atoms with Gasteiger partial charge in [-0.1, -0.05) is 41.5 Å². The lowest BCUT2D eigenvalue weighted by Crippen LogP contribution is -2.48. The number of unbranched alkanes of at least 4 members (excludes halogenated alkanes) is 3. The van der Waals surface area contributed by atoms with E-state index in [1.54, 1.807) is 48.5 Å². The third-order valence-corrected chi connectivity index (χ3v) is 16.7. The maximum Gasteiger partial charge on any atom is 0.380 e. The Morgan fingerprint density at radius 3 is 1.35 bits per heavy atom. The van der Waals surface area contributed by atoms with E-state index < -0.39 is 40.0 Å². The average molecular weight is 963 g/mol. The summed E-state index contributed by atoms with van der Waals surface area (Å²) in [6.07, 6.45) is 2.99. The molecule has 4 heterocycles. The summed E-state index contributed by atoms with van der Waals surface area (Å²) >= 11 is 5.03. The van der Waals surface area contributed by atoms with Crippen molar-refractivity contribution < 1.29 is 35.8 Å². The first-order valence-electron chi connectivity index (χ1n) is 21.2. The van der Waals surface area contributed by atoms with Crippen LogP contribution in [0.5, 0.6) is 11.5 Å². The van der Waals surface area contributed by atoms with Gasteiger partial charge in [0.15, 0.2) is 0 Å². The topological polar surface area (TPSA) is 46.6 Å². The number of nitriles is 1. The van der Waals surface area contributed by atoms with Gasteiger partial charge in [0.1, 0.15) is 11.5 Å². The Morgan fingerprint density at radius 2 is 0.985 bits per heavy atom. The molecule has 0 atom stereocenters. The minimum atomic E-state index is -5.79. The Kier molecular flexibility index (Phi) is 13.9. The molecule has 0 fully saturated rings. The number of benzene rings is 2. The smallest absolute Gasteiger partial charge is 0.380 e. The van der Waals surface area contributed by atoms with Gasteiger partial charge in [-0.25, -0.2) is 6.57 Å². The number of hydrogen-bond donors (Lipinski definition) is 0. The monoisotopic (exact) mass is 962 g/mol. The second-order valence-electron chi connectivity index (χ2n) is 18.0. The van der Waals surface area contributed by atoms with Gasteiger partial charge in [0.25, 0.3) is 0 Å². The lowest BCUT2D eigenvalue weighted by Gasteiger charge is -2.26. The Balaban J connectivity index is 1.44. The molecular formula is C51H48F6N2O2S4. The quantitative estimate of drug-likeness (QED) is 0.0552. The predicted octanol–water partition coefficient (Wildman–Crippen LogP) is 17.2. The van der Waals surface area contributed by atoms with Gasteiger partial charge in [-0.05, 0) is 126 Å². The molecule has 7 rings (SSSR count). The van der Waals surface area contributed by atoms with Crippen molar-refractivity contribution in [3.05, 3.63) is 117 Å². The van der Waals surface area contributed by atoms with E-state index in [1.165, 1.54) is 34.8 Å². The molecule has 340 valence electrons. The summed E-state index contributed by atoms with van der Waals surface area (Å²) in [7, 11) is 0. The number of alkyl halides is 6. The number of rotatable bonds is 16. The van der Waals surface area contributed by atoms with Crippen LogP contribution in [0.4, 0.5) is 26.3 Å². The number of halogens is 6. The van der Waals surface area contributed by atoms with Crippen molar-refractivity contribution in [1.82, 2.24) is 0 Å². The molecule has 0 saturated heterocycles. The van der Waals surface area contributed by atoms with Crippen LogP contribution in [-0.4, -0.2) is 37.5 Å². The Bertz CT molecular complexity index is 2560. The molecule has 0 amide bonds. The maximum absolute atomic E-state index is 17.0. The van der Waals surface area contributed by atoms with Crippen LogP contribution in [0.3, 0.4) is 0 Å². The highest BCUT2D eigenvalue weighted by molar-refractivity contribution is 7.24. The van der Waals surface area contributed by atoms with Gasteiger partial charge in [-0.2, -0.15) is 31.6 Å². The summed E-state index contributed by atoms with van der Waals surface area (Å²) < 4.78 is 112. The zero-order valence-corrected chi connectivity index (χ0v) is 40.1. The second-order valence-corrected chi connectivity index (χ2v) is 22.2. The molecule has 2 aromatic carbocycles. The predicted molar refractivity (Wildman–Crippen MR) is 256 cm³/mol. The molecule has 1 aliphatic carbocycles. The summed E-state index contributed by atoms with van der Waals surface area (Å²) in [5.74, 6) is -15.4. The lowest BCUT2D eigenvalue weighted by molar-refractivity contribution is -0.254. The van der Waals surface area contributed by atoms with Gasteiger partial charge in [-0.3, -0.25) is 0 Å². The Hall–Kier alpha value is -4.86. The fourth-order valence-corrected chi connectivity index (χ4v) is 12.0. The minimum Gasteiger partial charge on any atom is -0.494 e. The van der Waals surface area contributed by atoms with E-state index in [0.29, 0.717) is 94.0 Å². The molecule has 0 N–H and O–H groups in total. The van der Waals surface area contributed by atoms with E-state index in [-0.39, 0.29) is 20.6 Å². The van der Waals surface area contributed by atoms with E-state index in [4.69, 9.17) is 21.3 Å². The summed E-state index contributed by atoms with van der Waals surface area (Å²) in [5.41, 5.74) is -3.39. The number of hydrogen-bond acceptors (Lipinski definition) is 7. The first kappa shape index (κ1) is 48.1. The molecule has 1 aliphatic rings. The summed E-state index contributed by atoms with van der Waals surface area (Å²) in [4.78, 5) is 7.94. The van der Waals surface area contributed by atoms with Crippen LogP contribution in [-0.2, 0) is 10.8 Å². The second kappa shape index (κ2) is 18.8. The zero-order valence-electron chi connectivity index (χ0n) is 36.9. The van der Waals surface area contributed by atoms with Gasteiger partial charge in [0.05, 0.1) is 19.3 Å². The fraction of sp³-hybridized carbons (Fsp3) is 0.373. The van der Waals surface area contributed by atoms with E-state index >= 15 is 26.3 Å². The lowest BCUT2D eigenvalue weighted by atomic mass is 9.92. The van der Waals surface area contributed by atoms with Gasteiger partial charge in [-0.15, -0.1) is 45.3 Å². The average Bonchev–Trinajstić information content (AvgIpc) is 4.09. The first-order chi connectivity index (χ1) is 30.7. The minimum absolute atomic E-state index is 0.134. The van der Waals surface area contributed by atoms with E-state index in [1.807, 2.05) is 65.8 Å². The SMILES string of the molecule is [C-]#[N+]CCCCOc1ccc(-c2sc(-c3ccc(C(C)(C)C)s3)cc2C2=C(c3cc(-c4ccc(C(C)(C)C)s4)sc3-c3ccc(OCCCCC#N)cc3)C(F)(F)C(F)(F)C2(F)F)cc1. The largest absolute Gasteiger partial charge is 0.494 e. The zero-order chi connectivity index (χ0) is 47.0. The van der Waals surface area contributed by atoms with Crippen LogP contribution < -0.4 is 9.47 Å². The molecule has 0 aliphatic heterocycles. The number of nitrogens with zero attached hydrogens (tertiary/aromatic N) is 2. The fourth-order valence-electron chi connectivity index (χ4n) is 7.39. The van der Waals surface area contributed by atoms with Crippen molar-refractivity contribution in [2.45, 2.75) is 102 Å². The third kappa shape index (κ3) is 9.69. The number of ether oxygens (including phenoxy) is 2. The van der Waals surface area contributed by atoms with Gasteiger partial charge in [0, 0.05) is 74.1 Å². The molecule has 4 aromatic heterocycles. The van der Waals surface area contributed by atoms with Crippen LogP contribution in [0.25, 0.3) is 56.4 Å². The standard InChI is InChI=1S/C51H48F6N2O2S4/c1-47(2,3)41-23-21-37(62-41)39-29-35(45(64-39)31-13-17-33(18-14-31)60-27-11-8-9-25-58)43-44(50(54,55)51(56,57)49(43,52)53)36-30-40(38-22-24-42(63-38)48(4,5)6)65-46(36)32-15-19-34(20-16-32)61-28-12-10-26-59-7/h13-24,29-30H,8-12,26-28H2,1-6H3. The van der Waals surface area contributed by atoms with Crippen LogP contribution >= 0.6 is 45.3 Å². The summed E-state index contributed by atoms with van der Waals surface area (Å²) in [5, 5.41) is 8.86. The number of allylic oxidation sites excluding steroid dienone is 2. The van der Waals surface area contributed by atoms with E-state index in [9.17, 15) is 0 Å². The van der Waals surface area contributed by atoms with Crippen LogP contribution in [0, 0.1) is 17.9 Å². The summed E-state index contributed by atoms with van der Waals surface area (Å²) in [6, 6.07) is 25.4. The van der Waals surface area contributed by atoms with Crippen molar-refractivity contribution in [2.24, 2.45) is 0 Å². The van der Waals surface area contributed by atoms with E-state index in [0.717, 1.165) is 32.4 Å². The normalized spacial score (nSPS) is 15.5. The molecule has 6 aromatic rings. The molecule has 14 heteroatoms. The van der Waals surface area contributed by atoms with Crippen LogP contribution in [0.1, 0.15) is 94.5 Å². The van der Waals surface area contributed by atoms with Gasteiger partial charge >= 0.3 is 17.8 Å². The molecule has 65 heavy (non-hydrogen) atoms. The molecule has 0 radical (unpaired) electrons. The molecular weight excluding hydrogens is 915 g/mol. The molecule has 0 spiro atoms. The highest BCUT2D eigenvalue weighted by atomic mass is 32.1. The Labute approximate surface area is 392 Å². The van der Waals surface area contributed by atoms with Gasteiger partial charge < -0.3 is 14.3 Å². The van der Waals surface area contributed by atoms with Crippen LogP contribution in [0.15, 0.2) is 84.9 Å². The third-order valence-electron chi connectivity index (χ3n) is 11.0. The first-order valence-corrected chi connectivity index (χ1v) is 24.5. The Morgan fingerprint density at radius 1 is 0.569 bits per heavy atom. The molecule has 0 bridgehead atoms. The van der Waals surface area contributed by atoms with Crippen LogP contribution in [0.2, 0.25) is 0 Å². The molecule has 0 saturated carbocycles. The highest BCUT2D eigenvalue weighted by Crippen LogP contribution is 2.67. The highest BCUT2D eigenvalue weighted by Gasteiger charge is 2.80. The van der Waals surface area contributed by atoms with Gasteiger partial charge in [0.2, 0.25) is 6.54 Å². The van der Waals surface area contributed by atoms with Crippen molar-refractivity contribution in [1.29, 1.82) is 5.26 Å².